The maximum atomic E-state index is 11.8. The van der Waals surface area contributed by atoms with Gasteiger partial charge < -0.3 is 9.64 Å². The summed E-state index contributed by atoms with van der Waals surface area (Å²) in [4.78, 5) is 15.2. The molecule has 0 aliphatic heterocycles. The van der Waals surface area contributed by atoms with Gasteiger partial charge in [0.05, 0.1) is 25.8 Å². The molecule has 16 heavy (non-hydrogen) atoms. The van der Waals surface area contributed by atoms with Gasteiger partial charge in [0.2, 0.25) is 5.91 Å². The first-order valence-electron chi connectivity index (χ1n) is 5.36. The molecule has 92 valence electrons. The summed E-state index contributed by atoms with van der Waals surface area (Å²) in [7, 11) is 3.35. The van der Waals surface area contributed by atoms with Gasteiger partial charge in [0.25, 0.3) is 0 Å². The van der Waals surface area contributed by atoms with Gasteiger partial charge in [-0.15, -0.1) is 0 Å². The minimum atomic E-state index is 0.0148. The van der Waals surface area contributed by atoms with Crippen molar-refractivity contribution in [1.29, 1.82) is 5.26 Å². The summed E-state index contributed by atoms with van der Waals surface area (Å²) in [5, 5.41) is 8.64. The Morgan fingerprint density at radius 2 is 2.12 bits per heavy atom. The molecule has 5 heteroatoms. The molecule has 0 saturated heterocycles. The third kappa shape index (κ3) is 5.69. The Morgan fingerprint density at radius 3 is 2.56 bits per heavy atom. The van der Waals surface area contributed by atoms with Crippen molar-refractivity contribution in [1.82, 2.24) is 9.80 Å². The molecule has 0 radical (unpaired) electrons. The Morgan fingerprint density at radius 1 is 1.50 bits per heavy atom. The van der Waals surface area contributed by atoms with E-state index < -0.39 is 0 Å². The topological polar surface area (TPSA) is 56.6 Å². The summed E-state index contributed by atoms with van der Waals surface area (Å²) in [6, 6.07) is 2.26. The fourth-order valence-corrected chi connectivity index (χ4v) is 1.16. The van der Waals surface area contributed by atoms with E-state index in [9.17, 15) is 4.79 Å². The highest BCUT2D eigenvalue weighted by Crippen LogP contribution is 1.98. The molecule has 0 aliphatic rings. The van der Waals surface area contributed by atoms with E-state index in [0.717, 1.165) is 0 Å². The number of carbonyl (C=O) groups excluding carboxylic acids is 1. The van der Waals surface area contributed by atoms with Gasteiger partial charge in [0, 0.05) is 26.7 Å². The lowest BCUT2D eigenvalue weighted by Gasteiger charge is -2.25. The van der Waals surface area contributed by atoms with Crippen LogP contribution in [-0.4, -0.2) is 62.1 Å². The lowest BCUT2D eigenvalue weighted by molar-refractivity contribution is -0.131. The first kappa shape index (κ1) is 14.9. The van der Waals surface area contributed by atoms with E-state index in [1.54, 1.807) is 19.1 Å². The lowest BCUT2D eigenvalue weighted by Crippen LogP contribution is -2.42. The molecule has 1 amide bonds. The van der Waals surface area contributed by atoms with Crippen molar-refractivity contribution in [2.24, 2.45) is 0 Å². The molecule has 0 unspecified atom stereocenters. The zero-order chi connectivity index (χ0) is 12.6. The van der Waals surface area contributed by atoms with Gasteiger partial charge >= 0.3 is 0 Å². The number of amides is 1. The van der Waals surface area contributed by atoms with Crippen molar-refractivity contribution >= 4 is 5.91 Å². The maximum Gasteiger partial charge on any atom is 0.236 e. The second-order valence-electron chi connectivity index (χ2n) is 3.96. The van der Waals surface area contributed by atoms with Gasteiger partial charge in [0.1, 0.15) is 0 Å². The summed E-state index contributed by atoms with van der Waals surface area (Å²) in [6.07, 6.45) is 0. The Bertz CT molecular complexity index is 248. The van der Waals surface area contributed by atoms with Gasteiger partial charge in [-0.25, -0.2) is 0 Å². The molecule has 0 aromatic heterocycles. The van der Waals surface area contributed by atoms with Crippen molar-refractivity contribution in [2.75, 3.05) is 40.4 Å². The van der Waals surface area contributed by atoms with Crippen LogP contribution in [0.4, 0.5) is 0 Å². The van der Waals surface area contributed by atoms with Crippen molar-refractivity contribution < 1.29 is 9.53 Å². The summed E-state index contributed by atoms with van der Waals surface area (Å²) < 4.78 is 4.90. The number of hydrogen-bond acceptors (Lipinski definition) is 4. The SMILES string of the molecule is COCCN(C)C(=O)CN(CC#N)C(C)C. The summed E-state index contributed by atoms with van der Waals surface area (Å²) in [6.45, 7) is 5.61. The van der Waals surface area contributed by atoms with Crippen LogP contribution in [0.2, 0.25) is 0 Å². The van der Waals surface area contributed by atoms with E-state index in [1.165, 1.54) is 0 Å². The lowest BCUT2D eigenvalue weighted by atomic mass is 10.3. The third-order valence-electron chi connectivity index (χ3n) is 2.40. The number of rotatable bonds is 7. The van der Waals surface area contributed by atoms with Crippen molar-refractivity contribution in [2.45, 2.75) is 19.9 Å². The molecule has 0 saturated carbocycles. The van der Waals surface area contributed by atoms with Crippen LogP contribution in [-0.2, 0) is 9.53 Å². The van der Waals surface area contributed by atoms with Gasteiger partial charge in [-0.2, -0.15) is 5.26 Å². The number of likely N-dealkylation sites (N-methyl/N-ethyl adjacent to an activating group) is 1. The fourth-order valence-electron chi connectivity index (χ4n) is 1.16. The first-order valence-corrected chi connectivity index (χ1v) is 5.36. The second-order valence-corrected chi connectivity index (χ2v) is 3.96. The highest BCUT2D eigenvalue weighted by Gasteiger charge is 2.16. The molecule has 0 atom stereocenters. The van der Waals surface area contributed by atoms with Crippen LogP contribution in [0.15, 0.2) is 0 Å². The molecular formula is C11H21N3O2. The van der Waals surface area contributed by atoms with Crippen LogP contribution >= 0.6 is 0 Å². The molecule has 5 nitrogen and oxygen atoms in total. The molecule has 0 fully saturated rings. The molecule has 0 spiro atoms. The van der Waals surface area contributed by atoms with Gasteiger partial charge in [-0.1, -0.05) is 0 Å². The number of carbonyl (C=O) groups is 1. The highest BCUT2D eigenvalue weighted by atomic mass is 16.5. The van der Waals surface area contributed by atoms with E-state index in [1.807, 2.05) is 18.7 Å². The quantitative estimate of drug-likeness (QED) is 0.588. The zero-order valence-electron chi connectivity index (χ0n) is 10.6. The van der Waals surface area contributed by atoms with E-state index in [4.69, 9.17) is 10.00 Å². The minimum Gasteiger partial charge on any atom is -0.383 e. The Balaban J connectivity index is 4.13. The predicted octanol–water partition coefficient (Wildman–Crippen LogP) is 0.325. The standard InChI is InChI=1S/C11H21N3O2/c1-10(2)14(6-5-12)9-11(15)13(3)7-8-16-4/h10H,6-9H2,1-4H3. The van der Waals surface area contributed by atoms with Gasteiger partial charge in [-0.3, -0.25) is 9.69 Å². The molecule has 0 aromatic carbocycles. The first-order chi connectivity index (χ1) is 7.52. The fraction of sp³-hybridized carbons (Fsp3) is 0.818. The Kier molecular flexibility index (Phi) is 7.52. The van der Waals surface area contributed by atoms with E-state index in [-0.39, 0.29) is 25.0 Å². The normalized spacial score (nSPS) is 10.6. The smallest absolute Gasteiger partial charge is 0.236 e. The third-order valence-corrected chi connectivity index (χ3v) is 2.40. The number of nitrogens with zero attached hydrogens (tertiary/aromatic N) is 3. The maximum absolute atomic E-state index is 11.8. The van der Waals surface area contributed by atoms with Crippen LogP contribution in [0.3, 0.4) is 0 Å². The second kappa shape index (κ2) is 8.08. The van der Waals surface area contributed by atoms with Crippen LogP contribution in [0, 0.1) is 11.3 Å². The number of nitriles is 1. The van der Waals surface area contributed by atoms with E-state index in [0.29, 0.717) is 13.2 Å². The van der Waals surface area contributed by atoms with E-state index >= 15 is 0 Å². The monoisotopic (exact) mass is 227 g/mol. The number of methoxy groups -OCH3 is 1. The molecule has 0 N–H and O–H groups in total. The summed E-state index contributed by atoms with van der Waals surface area (Å²) >= 11 is 0. The molecule has 0 bridgehead atoms. The minimum absolute atomic E-state index is 0.0148. The van der Waals surface area contributed by atoms with Gasteiger partial charge in [-0.05, 0) is 13.8 Å². The van der Waals surface area contributed by atoms with Crippen LogP contribution in [0.25, 0.3) is 0 Å². The zero-order valence-corrected chi connectivity index (χ0v) is 10.6. The molecular weight excluding hydrogens is 206 g/mol. The molecule has 0 aliphatic carbocycles. The van der Waals surface area contributed by atoms with Crippen LogP contribution in [0.5, 0.6) is 0 Å². The average molecular weight is 227 g/mol. The largest absolute Gasteiger partial charge is 0.383 e. The van der Waals surface area contributed by atoms with E-state index in [2.05, 4.69) is 6.07 Å². The average Bonchev–Trinajstić information content (AvgIpc) is 2.24. The van der Waals surface area contributed by atoms with Crippen LogP contribution in [0.1, 0.15) is 13.8 Å². The highest BCUT2D eigenvalue weighted by molar-refractivity contribution is 5.78. The molecule has 0 rings (SSSR count). The van der Waals surface area contributed by atoms with Crippen molar-refractivity contribution in [3.05, 3.63) is 0 Å². The number of ether oxygens (including phenoxy) is 1. The van der Waals surface area contributed by atoms with Crippen molar-refractivity contribution in [3.8, 4) is 6.07 Å². The predicted molar refractivity (Wildman–Crippen MR) is 61.8 cm³/mol. The molecule has 0 heterocycles. The molecule has 0 aromatic rings. The van der Waals surface area contributed by atoms with Gasteiger partial charge in [0.15, 0.2) is 0 Å². The Labute approximate surface area is 97.6 Å². The summed E-state index contributed by atoms with van der Waals surface area (Å²) in [5.41, 5.74) is 0. The Hall–Kier alpha value is -1.12. The number of hydrogen-bond donors (Lipinski definition) is 0. The summed E-state index contributed by atoms with van der Waals surface area (Å²) in [5.74, 6) is 0.0148. The van der Waals surface area contributed by atoms with Crippen molar-refractivity contribution in [3.63, 3.8) is 0 Å². The van der Waals surface area contributed by atoms with Crippen LogP contribution < -0.4 is 0 Å².